The number of ether oxygens (including phenoxy) is 1. The first-order chi connectivity index (χ1) is 11.1. The largest absolute Gasteiger partial charge is 0.381 e. The lowest BCUT2D eigenvalue weighted by Crippen LogP contribution is -2.47. The number of carbonyl (C=O) groups excluding carboxylic acids is 1. The smallest absolute Gasteiger partial charge is 0.224 e. The number of hydrogen-bond acceptors (Lipinski definition) is 3. The van der Waals surface area contributed by atoms with Crippen LogP contribution >= 0.6 is 11.6 Å². The van der Waals surface area contributed by atoms with Gasteiger partial charge in [0.2, 0.25) is 5.91 Å². The van der Waals surface area contributed by atoms with Crippen LogP contribution in [0.15, 0.2) is 24.3 Å². The van der Waals surface area contributed by atoms with Crippen LogP contribution in [-0.2, 0) is 14.9 Å². The van der Waals surface area contributed by atoms with Crippen LogP contribution in [0.3, 0.4) is 0 Å². The van der Waals surface area contributed by atoms with Crippen molar-refractivity contribution < 1.29 is 9.53 Å². The summed E-state index contributed by atoms with van der Waals surface area (Å²) in [7, 11) is 0. The SMILES string of the molecule is N[C@@H]1CCC[C@H]1C(=O)NCC1(c2ccccc2Cl)CCOCC1. The lowest BCUT2D eigenvalue weighted by molar-refractivity contribution is -0.125. The van der Waals surface area contributed by atoms with Crippen molar-refractivity contribution in [3.05, 3.63) is 34.9 Å². The second-order valence-electron chi connectivity index (χ2n) is 6.79. The topological polar surface area (TPSA) is 64.4 Å². The Morgan fingerprint density at radius 2 is 2.04 bits per heavy atom. The van der Waals surface area contributed by atoms with E-state index in [0.29, 0.717) is 19.8 Å². The molecule has 126 valence electrons. The van der Waals surface area contributed by atoms with E-state index in [1.807, 2.05) is 18.2 Å². The minimum Gasteiger partial charge on any atom is -0.381 e. The third-order valence-electron chi connectivity index (χ3n) is 5.40. The molecule has 3 rings (SSSR count). The van der Waals surface area contributed by atoms with Crippen LogP contribution in [0.25, 0.3) is 0 Å². The fraction of sp³-hybridized carbons (Fsp3) is 0.611. The van der Waals surface area contributed by atoms with Crippen molar-refractivity contribution in [3.63, 3.8) is 0 Å². The summed E-state index contributed by atoms with van der Waals surface area (Å²) >= 11 is 6.44. The van der Waals surface area contributed by atoms with Gasteiger partial charge in [-0.15, -0.1) is 0 Å². The van der Waals surface area contributed by atoms with Gasteiger partial charge in [-0.3, -0.25) is 4.79 Å². The van der Waals surface area contributed by atoms with E-state index in [-0.39, 0.29) is 23.3 Å². The van der Waals surface area contributed by atoms with Crippen molar-refractivity contribution in [1.82, 2.24) is 5.32 Å². The number of nitrogens with two attached hydrogens (primary N) is 1. The average Bonchev–Trinajstić information content (AvgIpc) is 3.00. The van der Waals surface area contributed by atoms with E-state index in [9.17, 15) is 4.79 Å². The molecular weight excluding hydrogens is 312 g/mol. The van der Waals surface area contributed by atoms with Crippen molar-refractivity contribution in [2.24, 2.45) is 11.7 Å². The van der Waals surface area contributed by atoms with E-state index >= 15 is 0 Å². The molecule has 1 aromatic rings. The van der Waals surface area contributed by atoms with Gasteiger partial charge in [0.25, 0.3) is 0 Å². The van der Waals surface area contributed by atoms with Crippen LogP contribution in [0.1, 0.15) is 37.7 Å². The van der Waals surface area contributed by atoms with Gasteiger partial charge in [-0.1, -0.05) is 36.2 Å². The number of benzene rings is 1. The molecule has 2 atom stereocenters. The number of carbonyl (C=O) groups is 1. The second kappa shape index (κ2) is 7.20. The highest BCUT2D eigenvalue weighted by atomic mass is 35.5. The van der Waals surface area contributed by atoms with Crippen molar-refractivity contribution in [3.8, 4) is 0 Å². The summed E-state index contributed by atoms with van der Waals surface area (Å²) in [5.74, 6) is 0.0473. The molecule has 0 radical (unpaired) electrons. The van der Waals surface area contributed by atoms with Crippen LogP contribution in [0.2, 0.25) is 5.02 Å². The van der Waals surface area contributed by atoms with Crippen molar-refractivity contribution >= 4 is 17.5 Å². The number of halogens is 1. The Bertz CT molecular complexity index is 558. The summed E-state index contributed by atoms with van der Waals surface area (Å²) in [5, 5.41) is 3.92. The molecule has 1 aromatic carbocycles. The summed E-state index contributed by atoms with van der Waals surface area (Å²) in [6, 6.07) is 7.94. The maximum atomic E-state index is 12.5. The highest BCUT2D eigenvalue weighted by molar-refractivity contribution is 6.31. The molecule has 5 heteroatoms. The Hall–Kier alpha value is -1.10. The normalized spacial score (nSPS) is 26.9. The van der Waals surface area contributed by atoms with Gasteiger partial charge in [-0.25, -0.2) is 0 Å². The zero-order valence-electron chi connectivity index (χ0n) is 13.4. The first-order valence-corrected chi connectivity index (χ1v) is 8.86. The molecule has 0 bridgehead atoms. The van der Waals surface area contributed by atoms with Gasteiger partial charge in [0.1, 0.15) is 0 Å². The van der Waals surface area contributed by atoms with Gasteiger partial charge in [-0.05, 0) is 37.3 Å². The minimum absolute atomic E-state index is 0.000882. The fourth-order valence-electron chi connectivity index (χ4n) is 3.90. The van der Waals surface area contributed by atoms with E-state index in [0.717, 1.165) is 42.7 Å². The molecule has 1 saturated carbocycles. The molecule has 2 aliphatic rings. The van der Waals surface area contributed by atoms with E-state index in [2.05, 4.69) is 11.4 Å². The molecule has 1 amide bonds. The van der Waals surface area contributed by atoms with Gasteiger partial charge in [0, 0.05) is 36.2 Å². The van der Waals surface area contributed by atoms with E-state index in [1.165, 1.54) is 0 Å². The predicted molar refractivity (Wildman–Crippen MR) is 91.5 cm³/mol. The molecule has 4 nitrogen and oxygen atoms in total. The zero-order valence-corrected chi connectivity index (χ0v) is 14.1. The standard InChI is InChI=1S/C18H25ClN2O2/c19-15-6-2-1-5-14(15)18(8-10-23-11-9-18)12-21-17(22)13-4-3-7-16(13)20/h1-2,5-6,13,16H,3-4,7-12,20H2,(H,21,22)/t13-,16-/m1/s1. The molecule has 1 aliphatic carbocycles. The Kier molecular flexibility index (Phi) is 5.24. The molecule has 1 saturated heterocycles. The highest BCUT2D eigenvalue weighted by Gasteiger charge is 2.38. The van der Waals surface area contributed by atoms with Crippen LogP contribution in [-0.4, -0.2) is 31.7 Å². The summed E-state index contributed by atoms with van der Waals surface area (Å²) in [4.78, 5) is 12.5. The number of nitrogens with one attached hydrogen (secondary N) is 1. The Morgan fingerprint density at radius 3 is 2.70 bits per heavy atom. The molecule has 1 aliphatic heterocycles. The van der Waals surface area contributed by atoms with Gasteiger partial charge in [0.05, 0.1) is 5.92 Å². The van der Waals surface area contributed by atoms with Crippen LogP contribution in [0, 0.1) is 5.92 Å². The Balaban J connectivity index is 1.75. The number of rotatable bonds is 4. The fourth-order valence-corrected chi connectivity index (χ4v) is 4.23. The predicted octanol–water partition coefficient (Wildman–Crippen LogP) is 2.63. The number of amides is 1. The molecule has 1 heterocycles. The lowest BCUT2D eigenvalue weighted by Gasteiger charge is -2.38. The van der Waals surface area contributed by atoms with Crippen molar-refractivity contribution in [2.45, 2.75) is 43.6 Å². The maximum absolute atomic E-state index is 12.5. The minimum atomic E-state index is -0.144. The Labute approximate surface area is 142 Å². The second-order valence-corrected chi connectivity index (χ2v) is 7.20. The molecule has 0 unspecified atom stereocenters. The maximum Gasteiger partial charge on any atom is 0.224 e. The van der Waals surface area contributed by atoms with E-state index in [4.69, 9.17) is 22.1 Å². The molecule has 3 N–H and O–H groups in total. The Morgan fingerprint density at radius 1 is 1.30 bits per heavy atom. The average molecular weight is 337 g/mol. The first-order valence-electron chi connectivity index (χ1n) is 8.48. The van der Waals surface area contributed by atoms with Gasteiger partial charge in [0.15, 0.2) is 0 Å². The molecule has 0 spiro atoms. The zero-order chi connectivity index (χ0) is 16.3. The quantitative estimate of drug-likeness (QED) is 0.888. The molecule has 2 fully saturated rings. The highest BCUT2D eigenvalue weighted by Crippen LogP contribution is 2.38. The summed E-state index contributed by atoms with van der Waals surface area (Å²) in [6.07, 6.45) is 4.63. The number of hydrogen-bond donors (Lipinski definition) is 2. The first kappa shape index (κ1) is 16.7. The summed E-state index contributed by atoms with van der Waals surface area (Å²) in [5.41, 5.74) is 7.02. The van der Waals surface area contributed by atoms with Crippen LogP contribution in [0.4, 0.5) is 0 Å². The molecular formula is C18H25ClN2O2. The van der Waals surface area contributed by atoms with Gasteiger partial charge >= 0.3 is 0 Å². The molecule has 23 heavy (non-hydrogen) atoms. The lowest BCUT2D eigenvalue weighted by atomic mass is 9.74. The summed E-state index contributed by atoms with van der Waals surface area (Å²) in [6.45, 7) is 2.00. The molecule has 0 aromatic heterocycles. The monoisotopic (exact) mass is 336 g/mol. The van der Waals surface area contributed by atoms with Crippen molar-refractivity contribution in [1.29, 1.82) is 0 Å². The van der Waals surface area contributed by atoms with Gasteiger partial charge < -0.3 is 15.8 Å². The van der Waals surface area contributed by atoms with E-state index < -0.39 is 0 Å². The van der Waals surface area contributed by atoms with E-state index in [1.54, 1.807) is 0 Å². The van der Waals surface area contributed by atoms with Crippen molar-refractivity contribution in [2.75, 3.05) is 19.8 Å². The summed E-state index contributed by atoms with van der Waals surface area (Å²) < 4.78 is 5.53. The van der Waals surface area contributed by atoms with Crippen LogP contribution < -0.4 is 11.1 Å². The van der Waals surface area contributed by atoms with Crippen LogP contribution in [0.5, 0.6) is 0 Å². The third kappa shape index (κ3) is 3.54. The van der Waals surface area contributed by atoms with Gasteiger partial charge in [-0.2, -0.15) is 0 Å². The third-order valence-corrected chi connectivity index (χ3v) is 5.73.